The molecule has 0 saturated carbocycles. The number of carbonyl (C=O) groups is 1. The predicted molar refractivity (Wildman–Crippen MR) is 96.3 cm³/mol. The summed E-state index contributed by atoms with van der Waals surface area (Å²) in [7, 11) is 1.80. The minimum atomic E-state index is -0.220. The van der Waals surface area contributed by atoms with Crippen LogP contribution in [0.4, 0.5) is 0 Å². The second kappa shape index (κ2) is 7.40. The molecule has 2 aromatic heterocycles. The number of hydrogen-bond donors (Lipinski definition) is 1. The molecular formula is C18H19N3O2S. The van der Waals surface area contributed by atoms with Crippen LogP contribution in [0.5, 0.6) is 0 Å². The number of rotatable bonds is 6. The first kappa shape index (κ1) is 16.4. The second-order valence-corrected chi connectivity index (χ2v) is 6.71. The third-order valence-corrected chi connectivity index (χ3v) is 4.88. The van der Waals surface area contributed by atoms with Gasteiger partial charge in [-0.1, -0.05) is 18.2 Å². The lowest BCUT2D eigenvalue weighted by atomic mass is 10.2. The molecule has 24 heavy (non-hydrogen) atoms. The second-order valence-electron chi connectivity index (χ2n) is 5.67. The number of carbonyl (C=O) groups excluding carboxylic acids is 1. The van der Waals surface area contributed by atoms with Crippen LogP contribution in [-0.4, -0.2) is 34.4 Å². The van der Waals surface area contributed by atoms with Gasteiger partial charge in [-0.2, -0.15) is 0 Å². The van der Waals surface area contributed by atoms with Gasteiger partial charge in [0.15, 0.2) is 0 Å². The number of nitrogens with zero attached hydrogens (tertiary/aromatic N) is 2. The van der Waals surface area contributed by atoms with E-state index in [1.807, 2.05) is 35.7 Å². The van der Waals surface area contributed by atoms with Crippen molar-refractivity contribution in [1.29, 1.82) is 0 Å². The van der Waals surface area contributed by atoms with Crippen LogP contribution in [0, 0.1) is 0 Å². The van der Waals surface area contributed by atoms with Gasteiger partial charge < -0.3 is 9.88 Å². The van der Waals surface area contributed by atoms with Crippen molar-refractivity contribution in [1.82, 2.24) is 14.9 Å². The Morgan fingerprint density at radius 2 is 2.04 bits per heavy atom. The molecule has 1 aromatic carbocycles. The van der Waals surface area contributed by atoms with Crippen LogP contribution < -0.4 is 5.56 Å². The molecule has 0 spiro atoms. The van der Waals surface area contributed by atoms with Gasteiger partial charge in [0.1, 0.15) is 5.69 Å². The number of fused-ring (bicyclic) bond motifs is 1. The first-order valence-electron chi connectivity index (χ1n) is 7.88. The maximum atomic E-state index is 12.2. The molecule has 2 heterocycles. The van der Waals surface area contributed by atoms with Crippen molar-refractivity contribution in [2.45, 2.75) is 19.3 Å². The molecule has 0 aliphatic heterocycles. The number of para-hydroxylation sites is 2. The van der Waals surface area contributed by atoms with Crippen molar-refractivity contribution in [3.63, 3.8) is 0 Å². The summed E-state index contributed by atoms with van der Waals surface area (Å²) in [5.41, 5.74) is 1.65. The third kappa shape index (κ3) is 3.89. The number of aromatic amines is 1. The van der Waals surface area contributed by atoms with Gasteiger partial charge in [0.2, 0.25) is 5.91 Å². The lowest BCUT2D eigenvalue weighted by Crippen LogP contribution is -2.29. The van der Waals surface area contributed by atoms with Crippen LogP contribution in [0.3, 0.4) is 0 Å². The molecule has 0 radical (unpaired) electrons. The Balaban J connectivity index is 1.59. The van der Waals surface area contributed by atoms with Crippen LogP contribution >= 0.6 is 11.3 Å². The summed E-state index contributed by atoms with van der Waals surface area (Å²) in [6.45, 7) is 0.681. The fourth-order valence-electron chi connectivity index (χ4n) is 2.51. The van der Waals surface area contributed by atoms with Gasteiger partial charge in [0.05, 0.1) is 11.0 Å². The predicted octanol–water partition coefficient (Wildman–Crippen LogP) is 2.62. The summed E-state index contributed by atoms with van der Waals surface area (Å²) in [6.07, 6.45) is 1.49. The summed E-state index contributed by atoms with van der Waals surface area (Å²) in [4.78, 5) is 34.5. The van der Waals surface area contributed by atoms with Crippen molar-refractivity contribution in [3.8, 4) is 0 Å². The van der Waals surface area contributed by atoms with Crippen LogP contribution in [0.1, 0.15) is 17.0 Å². The minimum absolute atomic E-state index is 0.0286. The summed E-state index contributed by atoms with van der Waals surface area (Å²) >= 11 is 1.70. The number of aryl methyl sites for hydroxylation is 1. The highest BCUT2D eigenvalue weighted by atomic mass is 32.1. The fraction of sp³-hybridized carbons (Fsp3) is 0.278. The fourth-order valence-corrected chi connectivity index (χ4v) is 3.21. The maximum absolute atomic E-state index is 12.2. The Morgan fingerprint density at radius 1 is 1.21 bits per heavy atom. The van der Waals surface area contributed by atoms with E-state index in [4.69, 9.17) is 0 Å². The van der Waals surface area contributed by atoms with E-state index < -0.39 is 0 Å². The van der Waals surface area contributed by atoms with Gasteiger partial charge in [0.25, 0.3) is 5.56 Å². The van der Waals surface area contributed by atoms with Crippen molar-refractivity contribution in [2.24, 2.45) is 0 Å². The number of hydrogen-bond acceptors (Lipinski definition) is 4. The topological polar surface area (TPSA) is 66.1 Å². The monoisotopic (exact) mass is 341 g/mol. The first-order valence-corrected chi connectivity index (χ1v) is 8.76. The van der Waals surface area contributed by atoms with Gasteiger partial charge in [0, 0.05) is 31.3 Å². The van der Waals surface area contributed by atoms with E-state index in [0.717, 1.165) is 11.9 Å². The lowest BCUT2D eigenvalue weighted by Gasteiger charge is -2.16. The summed E-state index contributed by atoms with van der Waals surface area (Å²) in [5, 5.41) is 2.04. The molecule has 1 N–H and O–H groups in total. The molecule has 6 heteroatoms. The Labute approximate surface area is 144 Å². The molecule has 1 amide bonds. The van der Waals surface area contributed by atoms with E-state index in [1.54, 1.807) is 23.3 Å². The summed E-state index contributed by atoms with van der Waals surface area (Å²) < 4.78 is 0. The van der Waals surface area contributed by atoms with E-state index in [9.17, 15) is 9.59 Å². The van der Waals surface area contributed by atoms with Crippen LogP contribution in [0.2, 0.25) is 0 Å². The van der Waals surface area contributed by atoms with Crippen molar-refractivity contribution in [3.05, 3.63) is 62.7 Å². The average Bonchev–Trinajstić information content (AvgIpc) is 3.11. The van der Waals surface area contributed by atoms with Gasteiger partial charge >= 0.3 is 0 Å². The highest BCUT2D eigenvalue weighted by Gasteiger charge is 2.12. The summed E-state index contributed by atoms with van der Waals surface area (Å²) in [6, 6.07) is 11.5. The van der Waals surface area contributed by atoms with E-state index in [0.29, 0.717) is 24.2 Å². The molecular weight excluding hydrogens is 322 g/mol. The zero-order valence-electron chi connectivity index (χ0n) is 13.5. The van der Waals surface area contributed by atoms with Crippen LogP contribution in [-0.2, 0) is 17.6 Å². The largest absolute Gasteiger partial charge is 0.345 e. The Bertz CT molecular complexity index is 887. The molecule has 0 unspecified atom stereocenters. The molecule has 0 fully saturated rings. The quantitative estimate of drug-likeness (QED) is 0.749. The first-order chi connectivity index (χ1) is 11.6. The van der Waals surface area contributed by atoms with Crippen LogP contribution in [0.15, 0.2) is 46.6 Å². The smallest absolute Gasteiger partial charge is 0.270 e. The van der Waals surface area contributed by atoms with Crippen molar-refractivity contribution < 1.29 is 4.79 Å². The Morgan fingerprint density at radius 3 is 2.83 bits per heavy atom. The number of amides is 1. The number of H-pyrrole nitrogens is 1. The number of thiophene rings is 1. The molecule has 124 valence electrons. The molecule has 0 bridgehead atoms. The van der Waals surface area contributed by atoms with E-state index in [1.165, 1.54) is 4.88 Å². The lowest BCUT2D eigenvalue weighted by molar-refractivity contribution is -0.129. The number of nitrogens with one attached hydrogen (secondary N) is 1. The SMILES string of the molecule is CN(CCc1cccs1)C(=O)CCc1nc2ccccc2[nH]c1=O. The molecule has 3 aromatic rings. The number of aromatic nitrogens is 2. The Hall–Kier alpha value is -2.47. The summed E-state index contributed by atoms with van der Waals surface area (Å²) in [5.74, 6) is 0.0286. The Kier molecular flexibility index (Phi) is 5.05. The maximum Gasteiger partial charge on any atom is 0.270 e. The number of likely N-dealkylation sites (N-methyl/N-ethyl adjacent to an activating group) is 1. The number of benzene rings is 1. The molecule has 0 aliphatic rings. The normalized spacial score (nSPS) is 10.9. The van der Waals surface area contributed by atoms with Gasteiger partial charge in [-0.25, -0.2) is 4.98 Å². The van der Waals surface area contributed by atoms with Crippen molar-refractivity contribution >= 4 is 28.3 Å². The minimum Gasteiger partial charge on any atom is -0.345 e. The standard InChI is InChI=1S/C18H19N3O2S/c1-21(11-10-13-5-4-12-24-13)17(22)9-8-16-18(23)20-15-7-3-2-6-14(15)19-16/h2-7,12H,8-11H2,1H3,(H,20,23). The van der Waals surface area contributed by atoms with E-state index >= 15 is 0 Å². The van der Waals surface area contributed by atoms with Gasteiger partial charge in [-0.05, 0) is 30.0 Å². The molecule has 0 atom stereocenters. The molecule has 0 aliphatic carbocycles. The zero-order valence-corrected chi connectivity index (χ0v) is 14.3. The zero-order chi connectivity index (χ0) is 16.9. The molecule has 0 saturated heterocycles. The highest BCUT2D eigenvalue weighted by Crippen LogP contribution is 2.10. The van der Waals surface area contributed by atoms with Crippen molar-refractivity contribution in [2.75, 3.05) is 13.6 Å². The molecule has 5 nitrogen and oxygen atoms in total. The highest BCUT2D eigenvalue weighted by molar-refractivity contribution is 7.09. The van der Waals surface area contributed by atoms with Gasteiger partial charge in [-0.3, -0.25) is 9.59 Å². The van der Waals surface area contributed by atoms with Crippen LogP contribution in [0.25, 0.3) is 11.0 Å². The third-order valence-electron chi connectivity index (χ3n) is 3.94. The van der Waals surface area contributed by atoms with E-state index in [-0.39, 0.29) is 17.9 Å². The van der Waals surface area contributed by atoms with E-state index in [2.05, 4.69) is 16.0 Å². The van der Waals surface area contributed by atoms with Gasteiger partial charge in [-0.15, -0.1) is 11.3 Å². The average molecular weight is 341 g/mol. The molecule has 3 rings (SSSR count).